The van der Waals surface area contributed by atoms with Crippen LogP contribution in [0.1, 0.15) is 35.3 Å². The Morgan fingerprint density at radius 1 is 1.08 bits per heavy atom. The number of hydrogen-bond donors (Lipinski definition) is 1. The molecule has 1 amide bonds. The summed E-state index contributed by atoms with van der Waals surface area (Å²) in [6, 6.07) is 21.5. The van der Waals surface area contributed by atoms with E-state index in [1.54, 1.807) is 6.07 Å². The molecule has 1 N–H and O–H groups in total. The van der Waals surface area contributed by atoms with E-state index in [1.165, 1.54) is 5.56 Å². The molecular formula is C20H20N2O2. The van der Waals surface area contributed by atoms with Gasteiger partial charge in [-0.1, -0.05) is 72.7 Å². The van der Waals surface area contributed by atoms with Crippen molar-refractivity contribution in [3.63, 3.8) is 0 Å². The first kappa shape index (κ1) is 16.0. The average Bonchev–Trinajstić information content (AvgIpc) is 3.14. The number of rotatable bonds is 6. The fourth-order valence-corrected chi connectivity index (χ4v) is 2.65. The molecule has 3 rings (SSSR count). The lowest BCUT2D eigenvalue weighted by Crippen LogP contribution is -2.28. The van der Waals surface area contributed by atoms with E-state index in [1.807, 2.05) is 48.5 Å². The molecule has 0 spiro atoms. The molecule has 0 saturated carbocycles. The van der Waals surface area contributed by atoms with Crippen LogP contribution >= 0.6 is 0 Å². The third kappa shape index (κ3) is 3.71. The van der Waals surface area contributed by atoms with Crippen molar-refractivity contribution in [1.82, 2.24) is 10.5 Å². The Bertz CT molecular complexity index is 782. The van der Waals surface area contributed by atoms with Crippen LogP contribution in [0, 0.1) is 0 Å². The highest BCUT2D eigenvalue weighted by molar-refractivity contribution is 5.93. The van der Waals surface area contributed by atoms with Gasteiger partial charge in [0, 0.05) is 24.1 Å². The molecule has 4 heteroatoms. The number of nitrogens with zero attached hydrogens (tertiary/aromatic N) is 1. The summed E-state index contributed by atoms with van der Waals surface area (Å²) in [6.07, 6.45) is 0.957. The first-order valence-electron chi connectivity index (χ1n) is 8.13. The van der Waals surface area contributed by atoms with E-state index in [9.17, 15) is 4.79 Å². The van der Waals surface area contributed by atoms with Crippen LogP contribution in [-0.2, 0) is 0 Å². The Morgan fingerprint density at radius 3 is 2.42 bits per heavy atom. The van der Waals surface area contributed by atoms with E-state index in [0.29, 0.717) is 18.0 Å². The van der Waals surface area contributed by atoms with Gasteiger partial charge in [0.2, 0.25) is 0 Å². The van der Waals surface area contributed by atoms with Gasteiger partial charge in [-0.15, -0.1) is 0 Å². The number of carbonyl (C=O) groups is 1. The van der Waals surface area contributed by atoms with Crippen LogP contribution in [-0.4, -0.2) is 17.6 Å². The molecule has 0 saturated heterocycles. The molecule has 0 aliphatic rings. The Kier molecular flexibility index (Phi) is 5.06. The van der Waals surface area contributed by atoms with Crippen molar-refractivity contribution in [2.45, 2.75) is 19.3 Å². The third-order valence-electron chi connectivity index (χ3n) is 4.07. The second kappa shape index (κ2) is 7.59. The number of carbonyl (C=O) groups excluding carboxylic acids is 1. The van der Waals surface area contributed by atoms with E-state index in [0.717, 1.165) is 12.0 Å². The number of nitrogens with one attached hydrogen (secondary N) is 1. The zero-order chi connectivity index (χ0) is 16.8. The Morgan fingerprint density at radius 2 is 1.75 bits per heavy atom. The molecular weight excluding hydrogens is 300 g/mol. The quantitative estimate of drug-likeness (QED) is 0.738. The predicted octanol–water partition coefficient (Wildman–Crippen LogP) is 4.27. The van der Waals surface area contributed by atoms with Crippen LogP contribution in [0.5, 0.6) is 0 Å². The summed E-state index contributed by atoms with van der Waals surface area (Å²) in [5.41, 5.74) is 2.43. The first-order valence-corrected chi connectivity index (χ1v) is 8.13. The number of aromatic nitrogens is 1. The lowest BCUT2D eigenvalue weighted by molar-refractivity contribution is 0.0942. The van der Waals surface area contributed by atoms with E-state index >= 15 is 0 Å². The fraction of sp³-hybridized carbons (Fsp3) is 0.200. The van der Waals surface area contributed by atoms with Gasteiger partial charge in [-0.3, -0.25) is 4.79 Å². The lowest BCUT2D eigenvalue weighted by atomic mass is 9.96. The average molecular weight is 320 g/mol. The highest BCUT2D eigenvalue weighted by Crippen LogP contribution is 2.20. The van der Waals surface area contributed by atoms with Crippen LogP contribution in [0.2, 0.25) is 0 Å². The van der Waals surface area contributed by atoms with Crippen molar-refractivity contribution < 1.29 is 9.32 Å². The fourth-order valence-electron chi connectivity index (χ4n) is 2.65. The van der Waals surface area contributed by atoms with Gasteiger partial charge >= 0.3 is 0 Å². The number of benzene rings is 2. The van der Waals surface area contributed by atoms with Crippen molar-refractivity contribution in [3.8, 4) is 11.3 Å². The summed E-state index contributed by atoms with van der Waals surface area (Å²) in [5, 5.41) is 6.83. The van der Waals surface area contributed by atoms with Crippen LogP contribution in [0.4, 0.5) is 0 Å². The Hall–Kier alpha value is -2.88. The molecule has 0 aliphatic carbocycles. The second-order valence-electron chi connectivity index (χ2n) is 5.67. The Labute approximate surface area is 141 Å². The van der Waals surface area contributed by atoms with Crippen LogP contribution in [0.3, 0.4) is 0 Å². The minimum Gasteiger partial charge on any atom is -0.355 e. The monoisotopic (exact) mass is 320 g/mol. The molecule has 0 fully saturated rings. The maximum Gasteiger partial charge on any atom is 0.273 e. The molecule has 122 valence electrons. The zero-order valence-electron chi connectivity index (χ0n) is 13.6. The first-order chi connectivity index (χ1) is 11.8. The topological polar surface area (TPSA) is 55.1 Å². The molecule has 0 aliphatic heterocycles. The highest BCUT2D eigenvalue weighted by Gasteiger charge is 2.16. The number of hydrogen-bond acceptors (Lipinski definition) is 3. The largest absolute Gasteiger partial charge is 0.355 e. The smallest absolute Gasteiger partial charge is 0.273 e. The van der Waals surface area contributed by atoms with Gasteiger partial charge in [0.15, 0.2) is 11.5 Å². The van der Waals surface area contributed by atoms with Gasteiger partial charge in [-0.2, -0.15) is 0 Å². The van der Waals surface area contributed by atoms with Crippen LogP contribution < -0.4 is 5.32 Å². The summed E-state index contributed by atoms with van der Waals surface area (Å²) < 4.78 is 5.28. The van der Waals surface area contributed by atoms with Gasteiger partial charge in [0.1, 0.15) is 0 Å². The minimum atomic E-state index is -0.213. The molecule has 0 unspecified atom stereocenters. The standard InChI is InChI=1S/C20H20N2O2/c1-2-15(16-9-5-3-6-10-16)14-21-20(23)18-13-19(24-22-18)17-11-7-4-8-12-17/h3-13,15H,2,14H2,1H3,(H,21,23)/t15-/m0/s1. The maximum atomic E-state index is 12.3. The van der Waals surface area contributed by atoms with Crippen molar-refractivity contribution in [2.24, 2.45) is 0 Å². The minimum absolute atomic E-state index is 0.213. The molecule has 2 aromatic carbocycles. The summed E-state index contributed by atoms with van der Waals surface area (Å²) >= 11 is 0. The van der Waals surface area contributed by atoms with Gasteiger partial charge in [0.05, 0.1) is 0 Å². The molecule has 1 aromatic heterocycles. The predicted molar refractivity (Wildman–Crippen MR) is 93.7 cm³/mol. The zero-order valence-corrected chi connectivity index (χ0v) is 13.6. The van der Waals surface area contributed by atoms with Gasteiger partial charge in [-0.25, -0.2) is 0 Å². The lowest BCUT2D eigenvalue weighted by Gasteiger charge is -2.15. The molecule has 3 aromatic rings. The van der Waals surface area contributed by atoms with E-state index < -0.39 is 0 Å². The second-order valence-corrected chi connectivity index (χ2v) is 5.67. The van der Waals surface area contributed by atoms with Crippen LogP contribution in [0.25, 0.3) is 11.3 Å². The van der Waals surface area contributed by atoms with E-state index in [2.05, 4.69) is 29.5 Å². The van der Waals surface area contributed by atoms with Gasteiger partial charge < -0.3 is 9.84 Å². The molecule has 1 atom stereocenters. The highest BCUT2D eigenvalue weighted by atomic mass is 16.5. The summed E-state index contributed by atoms with van der Waals surface area (Å²) in [5.74, 6) is 0.668. The molecule has 1 heterocycles. The van der Waals surface area contributed by atoms with E-state index in [4.69, 9.17) is 4.52 Å². The van der Waals surface area contributed by atoms with Crippen molar-refractivity contribution in [3.05, 3.63) is 78.0 Å². The molecule has 24 heavy (non-hydrogen) atoms. The molecule has 0 radical (unpaired) electrons. The Balaban J connectivity index is 1.64. The summed E-state index contributed by atoms with van der Waals surface area (Å²) in [6.45, 7) is 2.69. The van der Waals surface area contributed by atoms with Crippen molar-refractivity contribution in [1.29, 1.82) is 0 Å². The summed E-state index contributed by atoms with van der Waals surface area (Å²) in [7, 11) is 0. The van der Waals surface area contributed by atoms with Gasteiger partial charge in [-0.05, 0) is 12.0 Å². The van der Waals surface area contributed by atoms with Gasteiger partial charge in [0.25, 0.3) is 5.91 Å². The maximum absolute atomic E-state index is 12.3. The number of amides is 1. The SMILES string of the molecule is CC[C@@H](CNC(=O)c1cc(-c2ccccc2)on1)c1ccccc1. The normalized spacial score (nSPS) is 11.9. The molecule has 4 nitrogen and oxygen atoms in total. The third-order valence-corrected chi connectivity index (χ3v) is 4.07. The summed E-state index contributed by atoms with van der Waals surface area (Å²) in [4.78, 5) is 12.3. The molecule has 0 bridgehead atoms. The van der Waals surface area contributed by atoms with Crippen molar-refractivity contribution >= 4 is 5.91 Å². The van der Waals surface area contributed by atoms with Crippen LogP contribution in [0.15, 0.2) is 71.3 Å². The van der Waals surface area contributed by atoms with Crippen molar-refractivity contribution in [2.75, 3.05) is 6.54 Å². The van der Waals surface area contributed by atoms with E-state index in [-0.39, 0.29) is 11.8 Å².